The largest absolute Gasteiger partial charge is 0.485 e. The lowest BCUT2D eigenvalue weighted by Crippen LogP contribution is -2.10. The molecule has 0 saturated heterocycles. The number of aryl methyl sites for hydroxylation is 1. The predicted octanol–water partition coefficient (Wildman–Crippen LogP) is 3.99. The van der Waals surface area contributed by atoms with Crippen LogP contribution in [0, 0.1) is 17.0 Å². The van der Waals surface area contributed by atoms with Crippen LogP contribution in [0.5, 0.6) is 5.75 Å². The van der Waals surface area contributed by atoms with Crippen LogP contribution >= 0.6 is 27.3 Å². The molecule has 0 aliphatic rings. The van der Waals surface area contributed by atoms with Gasteiger partial charge in [-0.3, -0.25) is 14.9 Å². The summed E-state index contributed by atoms with van der Waals surface area (Å²) >= 11 is 4.61. The van der Waals surface area contributed by atoms with E-state index in [2.05, 4.69) is 15.9 Å². The van der Waals surface area contributed by atoms with Gasteiger partial charge < -0.3 is 4.74 Å². The van der Waals surface area contributed by atoms with Gasteiger partial charge in [-0.2, -0.15) is 0 Å². The molecule has 2 rings (SSSR count). The zero-order valence-corrected chi connectivity index (χ0v) is 12.9. The second-order valence-corrected chi connectivity index (χ2v) is 6.49. The second kappa shape index (κ2) is 6.15. The highest BCUT2D eigenvalue weighted by molar-refractivity contribution is 9.11. The summed E-state index contributed by atoms with van der Waals surface area (Å²) in [4.78, 5) is 22.7. The molecule has 2 aromatic rings. The smallest absolute Gasteiger partial charge is 0.273 e. The van der Waals surface area contributed by atoms with E-state index < -0.39 is 4.92 Å². The predicted molar refractivity (Wildman–Crippen MR) is 79.7 cm³/mol. The van der Waals surface area contributed by atoms with Crippen LogP contribution in [0.1, 0.15) is 15.2 Å². The average Bonchev–Trinajstić information content (AvgIpc) is 2.84. The third-order valence-corrected chi connectivity index (χ3v) is 4.25. The van der Waals surface area contributed by atoms with E-state index in [1.54, 1.807) is 25.1 Å². The van der Waals surface area contributed by atoms with E-state index in [0.29, 0.717) is 10.6 Å². The molecule has 5 nitrogen and oxygen atoms in total. The van der Waals surface area contributed by atoms with E-state index in [0.717, 1.165) is 9.35 Å². The highest BCUT2D eigenvalue weighted by Gasteiger charge is 2.13. The summed E-state index contributed by atoms with van der Waals surface area (Å²) < 4.78 is 6.26. The molecule has 104 valence electrons. The van der Waals surface area contributed by atoms with E-state index in [4.69, 9.17) is 4.74 Å². The van der Waals surface area contributed by atoms with Crippen molar-refractivity contribution in [1.82, 2.24) is 0 Å². The minimum atomic E-state index is -0.496. The number of halogens is 1. The first-order valence-corrected chi connectivity index (χ1v) is 7.24. The third kappa shape index (κ3) is 3.43. The van der Waals surface area contributed by atoms with Crippen LogP contribution in [0.2, 0.25) is 0 Å². The van der Waals surface area contributed by atoms with Crippen molar-refractivity contribution in [3.8, 4) is 5.75 Å². The van der Waals surface area contributed by atoms with Crippen molar-refractivity contribution < 1.29 is 14.5 Å². The molecule has 1 aromatic carbocycles. The summed E-state index contributed by atoms with van der Waals surface area (Å²) in [6.07, 6.45) is 0. The normalized spacial score (nSPS) is 10.3. The molecule has 0 fully saturated rings. The van der Waals surface area contributed by atoms with Gasteiger partial charge in [-0.25, -0.2) is 0 Å². The summed E-state index contributed by atoms with van der Waals surface area (Å²) in [6, 6.07) is 7.82. The Morgan fingerprint density at radius 3 is 2.75 bits per heavy atom. The third-order valence-electron chi connectivity index (χ3n) is 2.59. The van der Waals surface area contributed by atoms with Gasteiger partial charge in [0.25, 0.3) is 5.69 Å². The Bertz CT molecular complexity index is 668. The Labute approximate surface area is 127 Å². The molecule has 20 heavy (non-hydrogen) atoms. The van der Waals surface area contributed by atoms with Crippen molar-refractivity contribution in [1.29, 1.82) is 0 Å². The minimum Gasteiger partial charge on any atom is -0.485 e. The van der Waals surface area contributed by atoms with Crippen LogP contribution < -0.4 is 4.74 Å². The number of carbonyl (C=O) groups is 1. The van der Waals surface area contributed by atoms with Gasteiger partial charge in [-0.1, -0.05) is 0 Å². The van der Waals surface area contributed by atoms with Gasteiger partial charge in [0.05, 0.1) is 19.7 Å². The van der Waals surface area contributed by atoms with Crippen LogP contribution in [0.25, 0.3) is 0 Å². The average molecular weight is 356 g/mol. The SMILES string of the molecule is Cc1ccc([N+](=O)[O-])cc1OCC(=O)c1ccc(Br)s1. The number of benzene rings is 1. The van der Waals surface area contributed by atoms with E-state index in [-0.39, 0.29) is 18.1 Å². The number of nitro benzene ring substituents is 1. The van der Waals surface area contributed by atoms with Gasteiger partial charge in [0, 0.05) is 6.07 Å². The molecule has 7 heteroatoms. The molecule has 0 saturated carbocycles. The van der Waals surface area contributed by atoms with Gasteiger partial charge in [0.2, 0.25) is 5.78 Å². The molecule has 0 amide bonds. The quantitative estimate of drug-likeness (QED) is 0.461. The lowest BCUT2D eigenvalue weighted by atomic mass is 10.2. The van der Waals surface area contributed by atoms with E-state index in [9.17, 15) is 14.9 Å². The van der Waals surface area contributed by atoms with Crippen LogP contribution in [0.4, 0.5) is 5.69 Å². The van der Waals surface area contributed by atoms with Gasteiger partial charge in [0.1, 0.15) is 5.75 Å². The Kier molecular flexibility index (Phi) is 4.51. The summed E-state index contributed by atoms with van der Waals surface area (Å²) in [6.45, 7) is 1.63. The topological polar surface area (TPSA) is 69.4 Å². The zero-order valence-electron chi connectivity index (χ0n) is 10.5. The molecule has 0 unspecified atom stereocenters. The van der Waals surface area contributed by atoms with Gasteiger partial charge in [-0.05, 0) is 46.6 Å². The van der Waals surface area contributed by atoms with Crippen molar-refractivity contribution in [2.24, 2.45) is 0 Å². The fourth-order valence-corrected chi connectivity index (χ4v) is 2.85. The molecule has 1 aromatic heterocycles. The maximum absolute atomic E-state index is 11.9. The van der Waals surface area contributed by atoms with E-state index in [1.165, 1.54) is 23.5 Å². The number of hydrogen-bond donors (Lipinski definition) is 0. The van der Waals surface area contributed by atoms with Crippen LogP contribution in [-0.2, 0) is 0 Å². The van der Waals surface area contributed by atoms with Crippen molar-refractivity contribution in [3.63, 3.8) is 0 Å². The number of non-ortho nitro benzene ring substituents is 1. The molecule has 0 aliphatic carbocycles. The molecule has 0 atom stereocenters. The van der Waals surface area contributed by atoms with Crippen molar-refractivity contribution in [3.05, 3.63) is 54.7 Å². The lowest BCUT2D eigenvalue weighted by Gasteiger charge is -2.07. The molecule has 0 spiro atoms. The second-order valence-electron chi connectivity index (χ2n) is 4.02. The van der Waals surface area contributed by atoms with Crippen LogP contribution in [0.3, 0.4) is 0 Å². The maximum atomic E-state index is 11.9. The molecule has 0 aliphatic heterocycles. The van der Waals surface area contributed by atoms with E-state index in [1.807, 2.05) is 0 Å². The highest BCUT2D eigenvalue weighted by Crippen LogP contribution is 2.25. The van der Waals surface area contributed by atoms with Crippen LogP contribution in [0.15, 0.2) is 34.1 Å². The fraction of sp³-hybridized carbons (Fsp3) is 0.154. The highest BCUT2D eigenvalue weighted by atomic mass is 79.9. The first-order chi connectivity index (χ1) is 9.47. The number of nitrogens with zero attached hydrogens (tertiary/aromatic N) is 1. The first-order valence-electron chi connectivity index (χ1n) is 5.64. The van der Waals surface area contributed by atoms with Crippen molar-refractivity contribution in [2.45, 2.75) is 6.92 Å². The Balaban J connectivity index is 2.09. The number of nitro groups is 1. The van der Waals surface area contributed by atoms with Crippen molar-refractivity contribution >= 4 is 38.7 Å². The van der Waals surface area contributed by atoms with Crippen molar-refractivity contribution in [2.75, 3.05) is 6.61 Å². The lowest BCUT2D eigenvalue weighted by molar-refractivity contribution is -0.384. The molecule has 0 N–H and O–H groups in total. The van der Waals surface area contributed by atoms with Crippen LogP contribution in [-0.4, -0.2) is 17.3 Å². The number of ether oxygens (including phenoxy) is 1. The molecule has 1 heterocycles. The zero-order chi connectivity index (χ0) is 14.7. The van der Waals surface area contributed by atoms with Gasteiger partial charge in [0.15, 0.2) is 6.61 Å². The maximum Gasteiger partial charge on any atom is 0.273 e. The Morgan fingerprint density at radius 1 is 1.40 bits per heavy atom. The summed E-state index contributed by atoms with van der Waals surface area (Å²) in [5, 5.41) is 10.7. The number of rotatable bonds is 5. The van der Waals surface area contributed by atoms with Gasteiger partial charge in [-0.15, -0.1) is 11.3 Å². The first kappa shape index (κ1) is 14.7. The summed E-state index contributed by atoms with van der Waals surface area (Å²) in [7, 11) is 0. The number of ketones is 1. The molecular formula is C13H10BrNO4S. The van der Waals surface area contributed by atoms with E-state index >= 15 is 0 Å². The number of hydrogen-bond acceptors (Lipinski definition) is 5. The standard InChI is InChI=1S/C13H10BrNO4S/c1-8-2-3-9(15(17)18)6-11(8)19-7-10(16)12-4-5-13(14)20-12/h2-6H,7H2,1H3. The minimum absolute atomic E-state index is 0.0584. The monoisotopic (exact) mass is 355 g/mol. The molecule has 0 bridgehead atoms. The number of Topliss-reactive ketones (excluding diaryl/α,β-unsaturated/α-hetero) is 1. The Hall–Kier alpha value is -1.73. The summed E-state index contributed by atoms with van der Waals surface area (Å²) in [5.41, 5.74) is 0.688. The number of carbonyl (C=O) groups excluding carboxylic acids is 1. The number of thiophene rings is 1. The fourth-order valence-electron chi connectivity index (χ4n) is 1.54. The van der Waals surface area contributed by atoms with Gasteiger partial charge >= 0.3 is 0 Å². The molecular weight excluding hydrogens is 346 g/mol. The summed E-state index contributed by atoms with van der Waals surface area (Å²) in [5.74, 6) is 0.190. The Morgan fingerprint density at radius 2 is 2.15 bits per heavy atom. The molecule has 0 radical (unpaired) electrons.